The van der Waals surface area contributed by atoms with Gasteiger partial charge in [-0.2, -0.15) is 0 Å². The van der Waals surface area contributed by atoms with Crippen LogP contribution in [-0.4, -0.2) is 35.3 Å². The zero-order chi connectivity index (χ0) is 25.1. The van der Waals surface area contributed by atoms with Crippen molar-refractivity contribution in [3.05, 3.63) is 73.3 Å². The van der Waals surface area contributed by atoms with Gasteiger partial charge in [0, 0.05) is 47.8 Å². The Morgan fingerprint density at radius 3 is 1.22 bits per heavy atom. The molecule has 2 aromatic carbocycles. The molecule has 0 unspecified atom stereocenters. The lowest BCUT2D eigenvalue weighted by Crippen LogP contribution is -2.46. The van der Waals surface area contributed by atoms with Crippen molar-refractivity contribution in [1.82, 2.24) is 9.13 Å². The number of hydrogen-bond acceptors (Lipinski definition) is 6. The Labute approximate surface area is 211 Å². The molecule has 0 N–H and O–H groups in total. The number of benzene rings is 2. The van der Waals surface area contributed by atoms with Crippen molar-refractivity contribution < 1.29 is 9.13 Å². The van der Waals surface area contributed by atoms with Crippen LogP contribution < -0.4 is 18.9 Å². The van der Waals surface area contributed by atoms with Crippen LogP contribution in [0.1, 0.15) is 0 Å². The summed E-state index contributed by atoms with van der Waals surface area (Å²) < 4.78 is 7.78. The van der Waals surface area contributed by atoms with Crippen molar-refractivity contribution in [3.63, 3.8) is 0 Å². The highest BCUT2D eigenvalue weighted by Gasteiger charge is 2.18. The van der Waals surface area contributed by atoms with Gasteiger partial charge in [-0.3, -0.25) is 0 Å². The number of piperazine rings is 1. The number of hydrogen-bond donors (Lipinski definition) is 0. The van der Waals surface area contributed by atoms with Crippen LogP contribution in [0.25, 0.3) is 0 Å². The summed E-state index contributed by atoms with van der Waals surface area (Å²) in [6.07, 6.45) is 7.84. The fourth-order valence-electron chi connectivity index (χ4n) is 4.33. The number of imidazole rings is 2. The van der Waals surface area contributed by atoms with Crippen LogP contribution in [0.2, 0.25) is 0 Å². The smallest absolute Gasteiger partial charge is 0.368 e. The van der Waals surface area contributed by atoms with E-state index < -0.39 is 0 Å². The van der Waals surface area contributed by atoms with Gasteiger partial charge in [-0.25, -0.2) is 18.3 Å². The molecule has 3 heterocycles. The zero-order valence-corrected chi connectivity index (χ0v) is 21.2. The minimum absolute atomic E-state index is 0.802. The Kier molecular flexibility index (Phi) is 6.57. The molecule has 1 aliphatic heterocycles. The maximum Gasteiger partial charge on any atom is 0.421 e. The quantitative estimate of drug-likeness (QED) is 0.304. The molecular weight excluding hydrogens is 452 g/mol. The molecule has 0 bridgehead atoms. The van der Waals surface area contributed by atoms with Crippen molar-refractivity contribution in [3.8, 4) is 0 Å². The maximum atomic E-state index is 4.39. The first-order valence-corrected chi connectivity index (χ1v) is 12.0. The fraction of sp³-hybridized carbons (Fsp3) is 0.308. The molecule has 0 amide bonds. The van der Waals surface area contributed by atoms with E-state index >= 15 is 0 Å². The molecule has 0 atom stereocenters. The monoisotopic (exact) mass is 484 g/mol. The SMILES string of the molecule is Cn1cc[n+](C)c1N=Nc1ccc(N2CCN(c3ccc(N=Nc4n(C)cc[n+]4C)cc3)CC2)cc1. The number of rotatable bonds is 6. The van der Waals surface area contributed by atoms with Gasteiger partial charge in [0.2, 0.25) is 0 Å². The Morgan fingerprint density at radius 1 is 0.556 bits per heavy atom. The summed E-state index contributed by atoms with van der Waals surface area (Å²) in [7, 11) is 7.84. The number of nitrogens with zero attached hydrogens (tertiary/aromatic N) is 10. The van der Waals surface area contributed by atoms with E-state index in [2.05, 4.69) is 54.5 Å². The van der Waals surface area contributed by atoms with Crippen molar-refractivity contribution in [2.24, 2.45) is 48.6 Å². The largest absolute Gasteiger partial charge is 0.421 e. The van der Waals surface area contributed by atoms with E-state index in [0.717, 1.165) is 49.5 Å². The lowest BCUT2D eigenvalue weighted by atomic mass is 10.2. The fourth-order valence-corrected chi connectivity index (χ4v) is 4.33. The van der Waals surface area contributed by atoms with Crippen LogP contribution in [0.3, 0.4) is 0 Å². The minimum Gasteiger partial charge on any atom is -0.368 e. The lowest BCUT2D eigenvalue weighted by molar-refractivity contribution is -0.657. The van der Waals surface area contributed by atoms with Crippen LogP contribution >= 0.6 is 0 Å². The highest BCUT2D eigenvalue weighted by Crippen LogP contribution is 2.25. The third-order valence-corrected chi connectivity index (χ3v) is 6.51. The molecule has 36 heavy (non-hydrogen) atoms. The normalized spacial score (nSPS) is 14.4. The van der Waals surface area contributed by atoms with Crippen molar-refractivity contribution in [2.75, 3.05) is 36.0 Å². The van der Waals surface area contributed by atoms with Crippen LogP contribution in [0.5, 0.6) is 0 Å². The predicted octanol–water partition coefficient (Wildman–Crippen LogP) is 4.17. The van der Waals surface area contributed by atoms with Crippen molar-refractivity contribution in [2.45, 2.75) is 0 Å². The van der Waals surface area contributed by atoms with Crippen LogP contribution in [0, 0.1) is 0 Å². The van der Waals surface area contributed by atoms with Gasteiger partial charge in [-0.1, -0.05) is 10.2 Å². The highest BCUT2D eigenvalue weighted by atomic mass is 15.3. The molecule has 0 aliphatic carbocycles. The third-order valence-electron chi connectivity index (χ3n) is 6.51. The molecule has 2 aromatic heterocycles. The molecular formula is C26H32N10+2. The Hall–Kier alpha value is -4.34. The van der Waals surface area contributed by atoms with Gasteiger partial charge in [0.1, 0.15) is 11.4 Å². The number of aromatic nitrogens is 4. The molecule has 1 saturated heterocycles. The van der Waals surface area contributed by atoms with Crippen molar-refractivity contribution >= 4 is 34.6 Å². The Bertz CT molecular complexity index is 1220. The number of anilines is 2. The van der Waals surface area contributed by atoms with Crippen molar-refractivity contribution in [1.29, 1.82) is 0 Å². The van der Waals surface area contributed by atoms with Gasteiger partial charge in [-0.15, -0.1) is 0 Å². The summed E-state index contributed by atoms with van der Waals surface area (Å²) >= 11 is 0. The first-order valence-electron chi connectivity index (χ1n) is 12.0. The van der Waals surface area contributed by atoms with Gasteiger partial charge in [0.15, 0.2) is 0 Å². The van der Waals surface area contributed by atoms with Crippen LogP contribution in [0.4, 0.5) is 34.6 Å². The summed E-state index contributed by atoms with van der Waals surface area (Å²) in [5.74, 6) is 1.60. The summed E-state index contributed by atoms with van der Waals surface area (Å²) in [5, 5.41) is 17.5. The van der Waals surface area contributed by atoms with E-state index in [0.29, 0.717) is 0 Å². The van der Waals surface area contributed by atoms with Gasteiger partial charge in [0.05, 0.1) is 53.0 Å². The van der Waals surface area contributed by atoms with E-state index in [9.17, 15) is 0 Å². The average Bonchev–Trinajstić information content (AvgIpc) is 3.41. The summed E-state index contributed by atoms with van der Waals surface area (Å²) in [5.41, 5.74) is 4.11. The average molecular weight is 485 g/mol. The van der Waals surface area contributed by atoms with E-state index in [-0.39, 0.29) is 0 Å². The molecule has 1 fully saturated rings. The number of aryl methyl sites for hydroxylation is 4. The van der Waals surface area contributed by atoms with E-state index in [1.165, 1.54) is 11.4 Å². The van der Waals surface area contributed by atoms with Gasteiger partial charge < -0.3 is 9.80 Å². The molecule has 10 nitrogen and oxygen atoms in total. The summed E-state index contributed by atoms with van der Waals surface area (Å²) in [6, 6.07) is 16.6. The molecule has 1 aliphatic rings. The molecule has 4 aromatic rings. The summed E-state index contributed by atoms with van der Waals surface area (Å²) in [6.45, 7) is 3.86. The lowest BCUT2D eigenvalue weighted by Gasteiger charge is -2.37. The molecule has 0 saturated carbocycles. The highest BCUT2D eigenvalue weighted by molar-refractivity contribution is 5.56. The van der Waals surface area contributed by atoms with Gasteiger partial charge >= 0.3 is 11.9 Å². The number of azo groups is 2. The van der Waals surface area contributed by atoms with E-state index in [4.69, 9.17) is 0 Å². The first-order chi connectivity index (χ1) is 17.5. The molecule has 184 valence electrons. The topological polar surface area (TPSA) is 73.5 Å². The van der Waals surface area contributed by atoms with Crippen LogP contribution in [0.15, 0.2) is 93.8 Å². The Balaban J connectivity index is 1.16. The first kappa shape index (κ1) is 23.4. The van der Waals surface area contributed by atoms with Crippen LogP contribution in [-0.2, 0) is 28.2 Å². The molecule has 0 spiro atoms. The second kappa shape index (κ2) is 10.1. The third kappa shape index (κ3) is 5.02. The predicted molar refractivity (Wildman–Crippen MR) is 139 cm³/mol. The zero-order valence-electron chi connectivity index (χ0n) is 21.2. The summed E-state index contributed by atoms with van der Waals surface area (Å²) in [4.78, 5) is 4.83. The molecule has 0 radical (unpaired) electrons. The van der Waals surface area contributed by atoms with Gasteiger partial charge in [0.25, 0.3) is 0 Å². The van der Waals surface area contributed by atoms with E-state index in [1.54, 1.807) is 0 Å². The molecule has 5 rings (SSSR count). The minimum atomic E-state index is 0.802. The second-order valence-electron chi connectivity index (χ2n) is 9.05. The molecule has 10 heteroatoms. The van der Waals surface area contributed by atoms with E-state index in [1.807, 2.05) is 95.5 Å². The van der Waals surface area contributed by atoms with Gasteiger partial charge in [-0.05, 0) is 48.5 Å². The Morgan fingerprint density at radius 2 is 0.917 bits per heavy atom. The maximum absolute atomic E-state index is 4.39. The second-order valence-corrected chi connectivity index (χ2v) is 9.05. The standard InChI is InChI=1S/C26H32N10/c1-31-13-14-32(2)25(31)29-27-21-5-9-23(10-6-21)35-17-19-36(20-18-35)24-11-7-22(8-12-24)28-30-26-33(3)15-16-34(26)4/h5-16H,17-20H2,1-4H3/q+2.